The normalized spacial score (nSPS) is 23.4. The number of hydrogen-bond acceptors (Lipinski definition) is 3. The minimum Gasteiger partial charge on any atom is -0.352 e. The van der Waals surface area contributed by atoms with Crippen molar-refractivity contribution in [1.29, 1.82) is 0 Å². The van der Waals surface area contributed by atoms with Gasteiger partial charge < -0.3 is 16.0 Å². The molecular formula is C12H21N3O2. The summed E-state index contributed by atoms with van der Waals surface area (Å²) in [5.41, 5.74) is 0. The average molecular weight is 239 g/mol. The van der Waals surface area contributed by atoms with Crippen LogP contribution in [0.5, 0.6) is 0 Å². The summed E-state index contributed by atoms with van der Waals surface area (Å²) < 4.78 is 0. The molecule has 1 saturated heterocycles. The van der Waals surface area contributed by atoms with Gasteiger partial charge in [0.15, 0.2) is 0 Å². The lowest BCUT2D eigenvalue weighted by molar-refractivity contribution is -0.131. The highest BCUT2D eigenvalue weighted by Gasteiger charge is 2.31. The third-order valence-corrected chi connectivity index (χ3v) is 3.61. The van der Waals surface area contributed by atoms with Crippen LogP contribution in [-0.4, -0.2) is 37.0 Å². The third-order valence-electron chi connectivity index (χ3n) is 3.61. The Morgan fingerprint density at radius 3 is 2.29 bits per heavy atom. The lowest BCUT2D eigenvalue weighted by Gasteiger charge is -2.32. The summed E-state index contributed by atoms with van der Waals surface area (Å²) in [6.45, 7) is 5.46. The molecule has 0 bridgehead atoms. The van der Waals surface area contributed by atoms with Gasteiger partial charge in [-0.1, -0.05) is 6.92 Å². The van der Waals surface area contributed by atoms with E-state index in [1.165, 1.54) is 0 Å². The molecule has 0 spiro atoms. The second-order valence-electron chi connectivity index (χ2n) is 5.22. The van der Waals surface area contributed by atoms with Crippen molar-refractivity contribution < 1.29 is 9.59 Å². The van der Waals surface area contributed by atoms with Crippen LogP contribution in [0.15, 0.2) is 0 Å². The smallest absolute Gasteiger partial charge is 0.242 e. The Hall–Kier alpha value is -1.10. The maximum atomic E-state index is 11.9. The molecule has 5 heteroatoms. The molecule has 2 rings (SSSR count). The Kier molecular flexibility index (Phi) is 3.66. The van der Waals surface area contributed by atoms with Gasteiger partial charge in [0.05, 0.1) is 0 Å². The fourth-order valence-electron chi connectivity index (χ4n) is 1.84. The zero-order chi connectivity index (χ0) is 12.4. The Balaban J connectivity index is 1.73. The van der Waals surface area contributed by atoms with Gasteiger partial charge in [-0.25, -0.2) is 0 Å². The number of nitrogens with one attached hydrogen (secondary N) is 3. The number of carbonyl (C=O) groups excluding carboxylic acids is 2. The van der Waals surface area contributed by atoms with Gasteiger partial charge in [0.1, 0.15) is 6.04 Å². The Labute approximate surface area is 102 Å². The second-order valence-corrected chi connectivity index (χ2v) is 5.22. The van der Waals surface area contributed by atoms with Gasteiger partial charge in [-0.05, 0) is 38.8 Å². The van der Waals surface area contributed by atoms with Gasteiger partial charge in [0.2, 0.25) is 11.8 Å². The monoisotopic (exact) mass is 239 g/mol. The van der Waals surface area contributed by atoms with Crippen LogP contribution in [0, 0.1) is 11.8 Å². The number of hydrogen-bond donors (Lipinski definition) is 3. The molecule has 0 aromatic heterocycles. The van der Waals surface area contributed by atoms with Crippen LogP contribution in [0.4, 0.5) is 0 Å². The van der Waals surface area contributed by atoms with E-state index >= 15 is 0 Å². The van der Waals surface area contributed by atoms with Gasteiger partial charge >= 0.3 is 0 Å². The third kappa shape index (κ3) is 3.19. The number of carbonyl (C=O) groups is 2. The molecule has 2 amide bonds. The van der Waals surface area contributed by atoms with Crippen molar-refractivity contribution in [3.63, 3.8) is 0 Å². The molecule has 3 N–H and O–H groups in total. The van der Waals surface area contributed by atoms with Crippen LogP contribution in [0.3, 0.4) is 0 Å². The zero-order valence-corrected chi connectivity index (χ0v) is 10.5. The Morgan fingerprint density at radius 1 is 1.18 bits per heavy atom. The Bertz CT molecular complexity index is 311. The summed E-state index contributed by atoms with van der Waals surface area (Å²) in [6.07, 6.45) is 2.13. The van der Waals surface area contributed by atoms with Gasteiger partial charge in [-0.2, -0.15) is 0 Å². The van der Waals surface area contributed by atoms with Crippen molar-refractivity contribution in [1.82, 2.24) is 16.0 Å². The van der Waals surface area contributed by atoms with Crippen LogP contribution in [-0.2, 0) is 9.59 Å². The van der Waals surface area contributed by atoms with Gasteiger partial charge in [-0.3, -0.25) is 9.59 Å². The molecule has 0 aromatic rings. The van der Waals surface area contributed by atoms with E-state index in [2.05, 4.69) is 16.0 Å². The molecule has 2 atom stereocenters. The molecule has 0 radical (unpaired) electrons. The number of amides is 2. The summed E-state index contributed by atoms with van der Waals surface area (Å²) >= 11 is 0. The largest absolute Gasteiger partial charge is 0.352 e. The summed E-state index contributed by atoms with van der Waals surface area (Å²) in [4.78, 5) is 23.5. The minimum atomic E-state index is -0.432. The molecule has 2 unspecified atom stereocenters. The fourth-order valence-corrected chi connectivity index (χ4v) is 1.84. The van der Waals surface area contributed by atoms with E-state index in [0.717, 1.165) is 25.9 Å². The topological polar surface area (TPSA) is 70.2 Å². The van der Waals surface area contributed by atoms with E-state index in [9.17, 15) is 9.59 Å². The average Bonchev–Trinajstić information content (AvgIpc) is 2.98. The highest BCUT2D eigenvalue weighted by atomic mass is 16.2. The van der Waals surface area contributed by atoms with Gasteiger partial charge in [0, 0.05) is 12.0 Å². The zero-order valence-electron chi connectivity index (χ0n) is 10.5. The van der Waals surface area contributed by atoms with Crippen LogP contribution >= 0.6 is 0 Å². The van der Waals surface area contributed by atoms with Crippen molar-refractivity contribution in [2.24, 2.45) is 11.8 Å². The van der Waals surface area contributed by atoms with Crippen LogP contribution < -0.4 is 16.0 Å². The highest BCUT2D eigenvalue weighted by Crippen LogP contribution is 2.19. The first kappa shape index (κ1) is 12.4. The van der Waals surface area contributed by atoms with Crippen molar-refractivity contribution >= 4 is 11.8 Å². The SMILES string of the molecule is CC(NC(=O)C(C)C1CNC1)C(=O)NC1CC1. The molecule has 0 aromatic carbocycles. The predicted molar refractivity (Wildman–Crippen MR) is 64.3 cm³/mol. The second kappa shape index (κ2) is 5.04. The van der Waals surface area contributed by atoms with Crippen molar-refractivity contribution in [3.8, 4) is 0 Å². The van der Waals surface area contributed by atoms with Gasteiger partial charge in [-0.15, -0.1) is 0 Å². The maximum absolute atomic E-state index is 11.9. The molecule has 1 aliphatic heterocycles. The molecule has 1 saturated carbocycles. The summed E-state index contributed by atoms with van der Waals surface area (Å²) in [6, 6.07) is -0.0892. The molecule has 2 aliphatic rings. The van der Waals surface area contributed by atoms with Crippen molar-refractivity contribution in [2.75, 3.05) is 13.1 Å². The molecular weight excluding hydrogens is 218 g/mol. The van der Waals surface area contributed by atoms with E-state index in [1.807, 2.05) is 6.92 Å². The summed E-state index contributed by atoms with van der Waals surface area (Å²) in [7, 11) is 0. The lowest BCUT2D eigenvalue weighted by Crippen LogP contribution is -2.53. The van der Waals surface area contributed by atoms with E-state index in [4.69, 9.17) is 0 Å². The molecule has 96 valence electrons. The minimum absolute atomic E-state index is 0.0186. The molecule has 17 heavy (non-hydrogen) atoms. The van der Waals surface area contributed by atoms with Gasteiger partial charge in [0.25, 0.3) is 0 Å². The van der Waals surface area contributed by atoms with Crippen LogP contribution in [0.25, 0.3) is 0 Å². The van der Waals surface area contributed by atoms with E-state index < -0.39 is 6.04 Å². The summed E-state index contributed by atoms with van der Waals surface area (Å²) in [5.74, 6) is 0.302. The lowest BCUT2D eigenvalue weighted by atomic mass is 9.88. The van der Waals surface area contributed by atoms with E-state index in [0.29, 0.717) is 12.0 Å². The first-order valence-electron chi connectivity index (χ1n) is 6.39. The Morgan fingerprint density at radius 2 is 1.82 bits per heavy atom. The van der Waals surface area contributed by atoms with E-state index in [1.54, 1.807) is 6.92 Å². The summed E-state index contributed by atoms with van der Waals surface area (Å²) in [5, 5.41) is 8.82. The molecule has 1 aliphatic carbocycles. The highest BCUT2D eigenvalue weighted by molar-refractivity contribution is 5.88. The number of rotatable bonds is 5. The predicted octanol–water partition coefficient (Wildman–Crippen LogP) is -0.375. The van der Waals surface area contributed by atoms with E-state index in [-0.39, 0.29) is 17.7 Å². The van der Waals surface area contributed by atoms with Crippen molar-refractivity contribution in [2.45, 2.75) is 38.8 Å². The van der Waals surface area contributed by atoms with Crippen LogP contribution in [0.2, 0.25) is 0 Å². The van der Waals surface area contributed by atoms with Crippen molar-refractivity contribution in [3.05, 3.63) is 0 Å². The fraction of sp³-hybridized carbons (Fsp3) is 0.833. The molecule has 1 heterocycles. The first-order valence-corrected chi connectivity index (χ1v) is 6.39. The van der Waals surface area contributed by atoms with Crippen LogP contribution in [0.1, 0.15) is 26.7 Å². The standard InChI is InChI=1S/C12H21N3O2/c1-7(9-5-13-6-9)11(16)14-8(2)12(17)15-10-3-4-10/h7-10,13H,3-6H2,1-2H3,(H,14,16)(H,15,17). The molecule has 2 fully saturated rings. The maximum Gasteiger partial charge on any atom is 0.242 e. The first-order chi connectivity index (χ1) is 8.08. The molecule has 5 nitrogen and oxygen atoms in total. The quantitative estimate of drug-likeness (QED) is 0.613.